The molecule has 0 radical (unpaired) electrons. The minimum Gasteiger partial charge on any atom is -0.477 e. The fourth-order valence-corrected chi connectivity index (χ4v) is 1.80. The van der Waals surface area contributed by atoms with E-state index < -0.39 is 5.97 Å². The fourth-order valence-electron chi connectivity index (χ4n) is 1.80. The van der Waals surface area contributed by atoms with Crippen molar-refractivity contribution in [2.24, 2.45) is 15.2 Å². The Morgan fingerprint density at radius 2 is 2.43 bits per heavy atom. The first-order chi connectivity index (χ1) is 6.77. The molecular weight excluding hydrogens is 184 g/mol. The number of carbonyl (C=O) groups is 1. The van der Waals surface area contributed by atoms with Crippen LogP contribution in [0, 0.1) is 0 Å². The minimum atomic E-state index is -0.970. The highest BCUT2D eigenvalue weighted by molar-refractivity contribution is 6.10. The van der Waals surface area contributed by atoms with Gasteiger partial charge in [0.2, 0.25) is 0 Å². The molecule has 0 fully saturated rings. The van der Waals surface area contributed by atoms with Crippen LogP contribution in [-0.2, 0) is 4.79 Å². The minimum absolute atomic E-state index is 0.211. The molecule has 6 heteroatoms. The molecule has 0 saturated carbocycles. The number of aliphatic imine (C=N–C) groups is 1. The Hall–Kier alpha value is -1.98. The second kappa shape index (κ2) is 2.28. The van der Waals surface area contributed by atoms with Gasteiger partial charge in [0, 0.05) is 5.57 Å². The van der Waals surface area contributed by atoms with Crippen molar-refractivity contribution < 1.29 is 9.90 Å². The highest BCUT2D eigenvalue weighted by Gasteiger charge is 2.37. The summed E-state index contributed by atoms with van der Waals surface area (Å²) in [5, 5.41) is 16.5. The lowest BCUT2D eigenvalue weighted by molar-refractivity contribution is -0.134. The van der Waals surface area contributed by atoms with Gasteiger partial charge in [-0.3, -0.25) is 4.99 Å². The van der Waals surface area contributed by atoms with Crippen LogP contribution in [0.4, 0.5) is 0 Å². The molecule has 3 heterocycles. The number of nitrogens with zero attached hydrogens (tertiary/aromatic N) is 4. The molecule has 0 aromatic heterocycles. The first-order valence-corrected chi connectivity index (χ1v) is 4.15. The maximum Gasteiger partial charge on any atom is 0.354 e. The second-order valence-corrected chi connectivity index (χ2v) is 3.20. The number of aliphatic carboxylic acids is 1. The average molecular weight is 190 g/mol. The topological polar surface area (TPSA) is 77.6 Å². The lowest BCUT2D eigenvalue weighted by Gasteiger charge is -2.22. The lowest BCUT2D eigenvalue weighted by atomic mass is 10.0. The van der Waals surface area contributed by atoms with Crippen molar-refractivity contribution >= 4 is 11.7 Å². The molecule has 0 aromatic carbocycles. The monoisotopic (exact) mass is 190 g/mol. The summed E-state index contributed by atoms with van der Waals surface area (Å²) in [6.45, 7) is 0.968. The summed E-state index contributed by atoms with van der Waals surface area (Å²) in [5.41, 5.74) is 2.30. The SMILES string of the molecule is O=C(O)C1=C2N=NC=C2C2=NCN1C2. The van der Waals surface area contributed by atoms with Gasteiger partial charge in [-0.25, -0.2) is 4.79 Å². The molecule has 0 spiro atoms. The van der Waals surface area contributed by atoms with Crippen molar-refractivity contribution in [3.05, 3.63) is 23.2 Å². The Morgan fingerprint density at radius 3 is 3.21 bits per heavy atom. The maximum absolute atomic E-state index is 11.0. The molecule has 0 aromatic rings. The zero-order chi connectivity index (χ0) is 9.71. The average Bonchev–Trinajstić information content (AvgIpc) is 2.73. The second-order valence-electron chi connectivity index (χ2n) is 3.20. The van der Waals surface area contributed by atoms with E-state index in [2.05, 4.69) is 15.2 Å². The largest absolute Gasteiger partial charge is 0.477 e. The molecule has 70 valence electrons. The van der Waals surface area contributed by atoms with Crippen LogP contribution in [-0.4, -0.2) is 34.9 Å². The zero-order valence-electron chi connectivity index (χ0n) is 7.14. The van der Waals surface area contributed by atoms with Gasteiger partial charge in [-0.1, -0.05) is 0 Å². The van der Waals surface area contributed by atoms with E-state index in [4.69, 9.17) is 5.11 Å². The van der Waals surface area contributed by atoms with Crippen LogP contribution in [0.5, 0.6) is 0 Å². The van der Waals surface area contributed by atoms with Crippen LogP contribution >= 0.6 is 0 Å². The molecule has 3 aliphatic rings. The van der Waals surface area contributed by atoms with Gasteiger partial charge in [0.25, 0.3) is 0 Å². The van der Waals surface area contributed by atoms with Gasteiger partial charge in [-0.15, -0.1) is 5.11 Å². The molecule has 0 aliphatic carbocycles. The molecule has 0 saturated heterocycles. The third kappa shape index (κ3) is 0.748. The van der Waals surface area contributed by atoms with Gasteiger partial charge >= 0.3 is 5.97 Å². The van der Waals surface area contributed by atoms with Crippen LogP contribution < -0.4 is 0 Å². The van der Waals surface area contributed by atoms with Crippen molar-refractivity contribution in [2.45, 2.75) is 0 Å². The highest BCUT2D eigenvalue weighted by atomic mass is 16.4. The summed E-state index contributed by atoms with van der Waals surface area (Å²) >= 11 is 0. The van der Waals surface area contributed by atoms with Crippen LogP contribution in [0.25, 0.3) is 0 Å². The van der Waals surface area contributed by atoms with Gasteiger partial charge in [-0.05, 0) is 0 Å². The Kier molecular flexibility index (Phi) is 1.21. The summed E-state index contributed by atoms with van der Waals surface area (Å²) in [6, 6.07) is 0. The first-order valence-electron chi connectivity index (χ1n) is 4.15. The van der Waals surface area contributed by atoms with E-state index >= 15 is 0 Å². The molecule has 0 atom stereocenters. The Morgan fingerprint density at radius 1 is 1.57 bits per heavy atom. The van der Waals surface area contributed by atoms with E-state index in [1.807, 2.05) is 0 Å². The predicted molar refractivity (Wildman–Crippen MR) is 46.6 cm³/mol. The third-order valence-corrected chi connectivity index (χ3v) is 2.43. The smallest absolute Gasteiger partial charge is 0.354 e. The van der Waals surface area contributed by atoms with E-state index in [0.717, 1.165) is 11.3 Å². The summed E-state index contributed by atoms with van der Waals surface area (Å²) < 4.78 is 0. The molecular formula is C8H6N4O2. The number of carboxylic acids is 1. The van der Waals surface area contributed by atoms with Crippen molar-refractivity contribution in [3.8, 4) is 0 Å². The van der Waals surface area contributed by atoms with Crippen LogP contribution in [0.15, 0.2) is 38.4 Å². The van der Waals surface area contributed by atoms with E-state index in [0.29, 0.717) is 18.9 Å². The maximum atomic E-state index is 11.0. The van der Waals surface area contributed by atoms with Crippen molar-refractivity contribution in [1.29, 1.82) is 0 Å². The summed E-state index contributed by atoms with van der Waals surface area (Å²) in [6.07, 6.45) is 1.57. The first kappa shape index (κ1) is 7.43. The Balaban J connectivity index is 2.24. The number of allylic oxidation sites excluding steroid dienone is 1. The van der Waals surface area contributed by atoms with Crippen molar-refractivity contribution in [2.75, 3.05) is 13.2 Å². The van der Waals surface area contributed by atoms with E-state index in [1.165, 1.54) is 0 Å². The molecule has 6 nitrogen and oxygen atoms in total. The predicted octanol–water partition coefficient (Wildman–Crippen LogP) is 0.360. The standard InChI is InChI=1S/C8H6N4O2/c13-8(14)7-6-4(1-10-11-6)5-2-12(7)3-9-5/h1H,2-3H2,(H,13,14). The van der Waals surface area contributed by atoms with Crippen LogP contribution in [0.2, 0.25) is 0 Å². The summed E-state index contributed by atoms with van der Waals surface area (Å²) in [4.78, 5) is 16.9. The zero-order valence-corrected chi connectivity index (χ0v) is 7.14. The number of rotatable bonds is 1. The normalized spacial score (nSPS) is 22.4. The summed E-state index contributed by atoms with van der Waals surface area (Å²) in [7, 11) is 0. The molecule has 0 amide bonds. The number of azo groups is 1. The number of hydrogen-bond donors (Lipinski definition) is 1. The van der Waals surface area contributed by atoms with E-state index in [9.17, 15) is 4.79 Å². The molecule has 2 bridgehead atoms. The van der Waals surface area contributed by atoms with Gasteiger partial charge in [-0.2, -0.15) is 5.11 Å². The van der Waals surface area contributed by atoms with Gasteiger partial charge in [0.05, 0.1) is 18.5 Å². The summed E-state index contributed by atoms with van der Waals surface area (Å²) in [5.74, 6) is -0.970. The van der Waals surface area contributed by atoms with Crippen LogP contribution in [0.3, 0.4) is 0 Å². The van der Waals surface area contributed by atoms with Gasteiger partial charge in [0.1, 0.15) is 12.4 Å². The van der Waals surface area contributed by atoms with Crippen molar-refractivity contribution in [3.63, 3.8) is 0 Å². The van der Waals surface area contributed by atoms with E-state index in [-0.39, 0.29) is 5.70 Å². The number of carboxylic acid groups (broad SMARTS) is 1. The van der Waals surface area contributed by atoms with Crippen LogP contribution in [0.1, 0.15) is 0 Å². The van der Waals surface area contributed by atoms with Gasteiger partial charge < -0.3 is 10.0 Å². The molecule has 0 unspecified atom stereocenters. The Bertz CT molecular complexity index is 458. The molecule has 1 N–H and O–H groups in total. The fraction of sp³-hybridized carbons (Fsp3) is 0.250. The number of fused-ring (bicyclic) bond motifs is 4. The Labute approximate surface area is 79.0 Å². The van der Waals surface area contributed by atoms with Crippen molar-refractivity contribution in [1.82, 2.24) is 4.90 Å². The molecule has 3 aliphatic heterocycles. The van der Waals surface area contributed by atoms with Gasteiger partial charge in [0.15, 0.2) is 5.70 Å². The van der Waals surface area contributed by atoms with E-state index in [1.54, 1.807) is 11.1 Å². The third-order valence-electron chi connectivity index (χ3n) is 2.43. The lowest BCUT2D eigenvalue weighted by Crippen LogP contribution is -2.33. The highest BCUT2D eigenvalue weighted by Crippen LogP contribution is 2.33. The molecule has 14 heavy (non-hydrogen) atoms. The quantitative estimate of drug-likeness (QED) is 0.648. The molecule has 3 rings (SSSR count). The number of hydrogen-bond acceptors (Lipinski definition) is 5.